The monoisotopic (exact) mass is 306 g/mol. The molecule has 0 spiro atoms. The zero-order chi connectivity index (χ0) is 16.1. The van der Waals surface area contributed by atoms with E-state index in [0.717, 1.165) is 12.8 Å². The molecule has 6 nitrogen and oxygen atoms in total. The Morgan fingerprint density at radius 2 is 2.14 bits per heavy atom. The summed E-state index contributed by atoms with van der Waals surface area (Å²) in [6.45, 7) is 3.95. The first-order chi connectivity index (χ1) is 10.5. The van der Waals surface area contributed by atoms with Crippen molar-refractivity contribution in [2.75, 3.05) is 6.61 Å². The highest BCUT2D eigenvalue weighted by Crippen LogP contribution is 2.29. The van der Waals surface area contributed by atoms with Crippen LogP contribution < -0.4 is 10.0 Å². The number of aromatic nitrogens is 1. The fraction of sp³-hybridized carbons (Fsp3) is 0.562. The van der Waals surface area contributed by atoms with Crippen molar-refractivity contribution in [3.8, 4) is 0 Å². The molecule has 1 amide bonds. The Balaban J connectivity index is 1.83. The molecular formula is C16H22N2O4. The van der Waals surface area contributed by atoms with Gasteiger partial charge < -0.3 is 15.3 Å². The molecule has 0 saturated heterocycles. The Morgan fingerprint density at radius 1 is 1.36 bits per heavy atom. The second-order valence-electron chi connectivity index (χ2n) is 5.93. The number of pyridine rings is 1. The highest BCUT2D eigenvalue weighted by Gasteiger charge is 2.28. The van der Waals surface area contributed by atoms with Crippen LogP contribution in [-0.4, -0.2) is 24.5 Å². The van der Waals surface area contributed by atoms with E-state index in [1.54, 1.807) is 6.07 Å². The minimum atomic E-state index is -0.796. The zero-order valence-electron chi connectivity index (χ0n) is 13.0. The molecule has 3 atom stereocenters. The standard InChI is InChI=1S/C16H22N2O4/c1-11-6-5-7-13(12(11)2)17-15(19)10-22-16(20)14-8-3-4-9-18(14)21/h3-4,8-9,11-13H,5-7,10H2,1-2H3,(H,17,19)/t11-,12-,13-/m1/s1. The number of rotatable bonds is 4. The van der Waals surface area contributed by atoms with Crippen LogP contribution in [-0.2, 0) is 9.53 Å². The van der Waals surface area contributed by atoms with Gasteiger partial charge >= 0.3 is 11.7 Å². The fourth-order valence-electron chi connectivity index (χ4n) is 2.83. The van der Waals surface area contributed by atoms with E-state index in [2.05, 4.69) is 19.2 Å². The van der Waals surface area contributed by atoms with Gasteiger partial charge in [0.2, 0.25) is 0 Å². The van der Waals surface area contributed by atoms with Crippen molar-refractivity contribution >= 4 is 11.9 Å². The normalized spacial score (nSPS) is 24.5. The lowest BCUT2D eigenvalue weighted by Crippen LogP contribution is -2.45. The molecule has 0 unspecified atom stereocenters. The second-order valence-corrected chi connectivity index (χ2v) is 5.93. The first kappa shape index (κ1) is 16.3. The number of amides is 1. The van der Waals surface area contributed by atoms with Crippen LogP contribution >= 0.6 is 0 Å². The van der Waals surface area contributed by atoms with Crippen LogP contribution in [0.5, 0.6) is 0 Å². The van der Waals surface area contributed by atoms with Gasteiger partial charge in [0.1, 0.15) is 0 Å². The molecule has 2 rings (SSSR count). The molecule has 1 aromatic heterocycles. The Hall–Kier alpha value is -2.11. The van der Waals surface area contributed by atoms with Crippen LogP contribution in [0.3, 0.4) is 0 Å². The number of nitrogens with zero attached hydrogens (tertiary/aromatic N) is 1. The molecule has 0 aromatic carbocycles. The van der Waals surface area contributed by atoms with E-state index in [-0.39, 0.29) is 24.2 Å². The molecule has 1 heterocycles. The van der Waals surface area contributed by atoms with Crippen LogP contribution in [0.1, 0.15) is 43.6 Å². The van der Waals surface area contributed by atoms with Gasteiger partial charge in [0.15, 0.2) is 12.8 Å². The molecule has 0 aliphatic heterocycles. The van der Waals surface area contributed by atoms with Crippen molar-refractivity contribution in [2.24, 2.45) is 11.8 Å². The lowest BCUT2D eigenvalue weighted by molar-refractivity contribution is -0.608. The molecule has 1 aliphatic rings. The Bertz CT molecular complexity index is 547. The van der Waals surface area contributed by atoms with Gasteiger partial charge in [-0.1, -0.05) is 26.7 Å². The molecule has 1 aliphatic carbocycles. The summed E-state index contributed by atoms with van der Waals surface area (Å²) in [6, 6.07) is 4.56. The van der Waals surface area contributed by atoms with Crippen molar-refractivity contribution in [1.82, 2.24) is 5.32 Å². The Kier molecular flexibility index (Phi) is 5.35. The van der Waals surface area contributed by atoms with Crippen molar-refractivity contribution in [3.63, 3.8) is 0 Å². The van der Waals surface area contributed by atoms with Crippen LogP contribution in [0.25, 0.3) is 0 Å². The second kappa shape index (κ2) is 7.24. The molecule has 22 heavy (non-hydrogen) atoms. The molecule has 1 N–H and O–H groups in total. The van der Waals surface area contributed by atoms with Gasteiger partial charge in [-0.05, 0) is 24.3 Å². The van der Waals surface area contributed by atoms with Gasteiger partial charge in [-0.25, -0.2) is 4.79 Å². The van der Waals surface area contributed by atoms with E-state index in [0.29, 0.717) is 16.6 Å². The van der Waals surface area contributed by atoms with E-state index in [1.807, 2.05) is 0 Å². The van der Waals surface area contributed by atoms with Gasteiger partial charge in [0.25, 0.3) is 5.91 Å². The Morgan fingerprint density at radius 3 is 2.86 bits per heavy atom. The number of ether oxygens (including phenoxy) is 1. The minimum absolute atomic E-state index is 0.121. The predicted molar refractivity (Wildman–Crippen MR) is 79.8 cm³/mol. The van der Waals surface area contributed by atoms with Crippen LogP contribution in [0, 0.1) is 17.0 Å². The smallest absolute Gasteiger partial charge is 0.405 e. The maximum Gasteiger partial charge on any atom is 0.405 e. The van der Waals surface area contributed by atoms with Gasteiger partial charge in [-0.15, -0.1) is 0 Å². The third-order valence-electron chi connectivity index (χ3n) is 4.42. The molecular weight excluding hydrogens is 284 g/mol. The summed E-state index contributed by atoms with van der Waals surface area (Å²) in [4.78, 5) is 23.7. The zero-order valence-corrected chi connectivity index (χ0v) is 13.0. The van der Waals surface area contributed by atoms with E-state index in [4.69, 9.17) is 4.74 Å². The number of hydrogen-bond donors (Lipinski definition) is 1. The summed E-state index contributed by atoms with van der Waals surface area (Å²) in [5.74, 6) is -0.139. The first-order valence-electron chi connectivity index (χ1n) is 7.63. The average molecular weight is 306 g/mol. The minimum Gasteiger partial charge on any atom is -0.618 e. The van der Waals surface area contributed by atoms with Crippen molar-refractivity contribution in [1.29, 1.82) is 0 Å². The van der Waals surface area contributed by atoms with Crippen molar-refractivity contribution < 1.29 is 19.1 Å². The summed E-state index contributed by atoms with van der Waals surface area (Å²) < 4.78 is 5.32. The molecule has 1 aromatic rings. The van der Waals surface area contributed by atoms with Crippen LogP contribution in [0.2, 0.25) is 0 Å². The van der Waals surface area contributed by atoms with Gasteiger partial charge in [-0.2, -0.15) is 4.73 Å². The molecule has 0 bridgehead atoms. The lowest BCUT2D eigenvalue weighted by atomic mass is 9.78. The number of carbonyl (C=O) groups is 2. The first-order valence-corrected chi connectivity index (χ1v) is 7.63. The third kappa shape index (κ3) is 3.96. The molecule has 6 heteroatoms. The SMILES string of the molecule is C[C@@H]1[C@H](C)CCC[C@H]1NC(=O)COC(=O)c1cccc[n+]1[O-]. The van der Waals surface area contributed by atoms with E-state index in [9.17, 15) is 14.8 Å². The van der Waals surface area contributed by atoms with Crippen molar-refractivity contribution in [2.45, 2.75) is 39.2 Å². The van der Waals surface area contributed by atoms with Crippen LogP contribution in [0.4, 0.5) is 0 Å². The molecule has 0 radical (unpaired) electrons. The highest BCUT2D eigenvalue weighted by molar-refractivity contribution is 5.88. The lowest BCUT2D eigenvalue weighted by Gasteiger charge is -2.34. The summed E-state index contributed by atoms with van der Waals surface area (Å²) in [5.41, 5.74) is -0.130. The Labute approximate surface area is 130 Å². The maximum absolute atomic E-state index is 11.9. The maximum atomic E-state index is 11.9. The van der Waals surface area contributed by atoms with Gasteiger partial charge in [0.05, 0.1) is 0 Å². The summed E-state index contributed by atoms with van der Waals surface area (Å²) >= 11 is 0. The average Bonchev–Trinajstić information content (AvgIpc) is 2.50. The fourth-order valence-corrected chi connectivity index (χ4v) is 2.83. The predicted octanol–water partition coefficient (Wildman–Crippen LogP) is 1.42. The van der Waals surface area contributed by atoms with Gasteiger partial charge in [0, 0.05) is 18.2 Å². The molecule has 120 valence electrons. The number of nitrogens with one attached hydrogen (secondary N) is 1. The summed E-state index contributed by atoms with van der Waals surface area (Å²) in [6.07, 6.45) is 4.43. The van der Waals surface area contributed by atoms with Crippen LogP contribution in [0.15, 0.2) is 24.4 Å². The topological polar surface area (TPSA) is 82.3 Å². The molecule has 1 saturated carbocycles. The summed E-state index contributed by atoms with van der Waals surface area (Å²) in [5, 5.41) is 14.3. The van der Waals surface area contributed by atoms with E-state index in [1.165, 1.54) is 24.8 Å². The highest BCUT2D eigenvalue weighted by atomic mass is 16.5. The number of esters is 1. The van der Waals surface area contributed by atoms with E-state index >= 15 is 0 Å². The van der Waals surface area contributed by atoms with E-state index < -0.39 is 5.97 Å². The largest absolute Gasteiger partial charge is 0.618 e. The number of hydrogen-bond acceptors (Lipinski definition) is 4. The summed E-state index contributed by atoms with van der Waals surface area (Å²) in [7, 11) is 0. The molecule has 1 fully saturated rings. The van der Waals surface area contributed by atoms with Crippen molar-refractivity contribution in [3.05, 3.63) is 35.3 Å². The van der Waals surface area contributed by atoms with Gasteiger partial charge in [-0.3, -0.25) is 4.79 Å². The third-order valence-corrected chi connectivity index (χ3v) is 4.42. The quantitative estimate of drug-likeness (QED) is 0.518. The number of carbonyl (C=O) groups excluding carboxylic acids is 2.